The SMILES string of the molecule is CC(C)NC(=O)C(C)S(=O)c1ccc(F)cc1N. The van der Waals surface area contributed by atoms with Crippen molar-refractivity contribution in [3.05, 3.63) is 24.0 Å². The maximum Gasteiger partial charge on any atom is 0.236 e. The van der Waals surface area contributed by atoms with Gasteiger partial charge in [0.1, 0.15) is 11.1 Å². The van der Waals surface area contributed by atoms with Crippen LogP contribution in [0.3, 0.4) is 0 Å². The van der Waals surface area contributed by atoms with Crippen LogP contribution in [0, 0.1) is 5.82 Å². The topological polar surface area (TPSA) is 72.2 Å². The summed E-state index contributed by atoms with van der Waals surface area (Å²) in [5.74, 6) is -0.806. The van der Waals surface area contributed by atoms with Crippen molar-refractivity contribution < 1.29 is 13.4 Å². The van der Waals surface area contributed by atoms with Gasteiger partial charge in [0, 0.05) is 6.04 Å². The standard InChI is InChI=1S/C12H17FN2O2S/c1-7(2)15-12(16)8(3)18(17)11-5-4-9(13)6-10(11)14/h4-8H,14H2,1-3H3,(H,15,16). The van der Waals surface area contributed by atoms with Gasteiger partial charge in [0.05, 0.1) is 21.4 Å². The highest BCUT2D eigenvalue weighted by molar-refractivity contribution is 7.86. The van der Waals surface area contributed by atoms with Crippen molar-refractivity contribution in [3.8, 4) is 0 Å². The number of anilines is 1. The van der Waals surface area contributed by atoms with Crippen LogP contribution in [0.5, 0.6) is 0 Å². The minimum absolute atomic E-state index is 0.0254. The largest absolute Gasteiger partial charge is 0.398 e. The second-order valence-electron chi connectivity index (χ2n) is 4.29. The molecular formula is C12H17FN2O2S. The summed E-state index contributed by atoms with van der Waals surface area (Å²) in [6.45, 7) is 5.19. The quantitative estimate of drug-likeness (QED) is 0.814. The molecule has 0 fully saturated rings. The molecule has 0 spiro atoms. The monoisotopic (exact) mass is 272 g/mol. The van der Waals surface area contributed by atoms with Crippen LogP contribution >= 0.6 is 0 Å². The fraction of sp³-hybridized carbons (Fsp3) is 0.417. The molecule has 0 aliphatic carbocycles. The molecule has 2 unspecified atom stereocenters. The third kappa shape index (κ3) is 3.53. The van der Waals surface area contributed by atoms with Gasteiger partial charge in [-0.25, -0.2) is 4.39 Å². The molecule has 0 aliphatic heterocycles. The van der Waals surface area contributed by atoms with Crippen LogP contribution < -0.4 is 11.1 Å². The highest BCUT2D eigenvalue weighted by Crippen LogP contribution is 2.20. The van der Waals surface area contributed by atoms with Crippen molar-refractivity contribution in [3.63, 3.8) is 0 Å². The van der Waals surface area contributed by atoms with Gasteiger partial charge in [-0.2, -0.15) is 0 Å². The fourth-order valence-electron chi connectivity index (χ4n) is 1.39. The van der Waals surface area contributed by atoms with E-state index in [0.29, 0.717) is 0 Å². The second-order valence-corrected chi connectivity index (χ2v) is 6.03. The molecule has 6 heteroatoms. The first-order valence-electron chi connectivity index (χ1n) is 5.59. The zero-order valence-corrected chi connectivity index (χ0v) is 11.4. The number of halogens is 1. The molecule has 1 aromatic rings. The molecule has 18 heavy (non-hydrogen) atoms. The lowest BCUT2D eigenvalue weighted by molar-refractivity contribution is -0.120. The van der Waals surface area contributed by atoms with E-state index in [2.05, 4.69) is 5.32 Å². The summed E-state index contributed by atoms with van der Waals surface area (Å²) in [6, 6.07) is 3.60. The minimum atomic E-state index is -1.60. The molecule has 4 nitrogen and oxygen atoms in total. The molecule has 0 saturated carbocycles. The number of hydrogen-bond donors (Lipinski definition) is 2. The predicted molar refractivity (Wildman–Crippen MR) is 70.0 cm³/mol. The summed E-state index contributed by atoms with van der Waals surface area (Å²) >= 11 is 0. The minimum Gasteiger partial charge on any atom is -0.398 e. The first-order chi connectivity index (χ1) is 8.32. The molecule has 0 radical (unpaired) electrons. The van der Waals surface area contributed by atoms with E-state index >= 15 is 0 Å². The molecule has 0 aromatic heterocycles. The van der Waals surface area contributed by atoms with Gasteiger partial charge in [0.2, 0.25) is 5.91 Å². The number of nitrogens with two attached hydrogens (primary N) is 1. The summed E-state index contributed by atoms with van der Waals surface area (Å²) in [5, 5.41) is 1.94. The number of rotatable bonds is 4. The van der Waals surface area contributed by atoms with Gasteiger partial charge in [-0.1, -0.05) is 0 Å². The maximum absolute atomic E-state index is 12.9. The maximum atomic E-state index is 12.9. The number of amides is 1. The molecule has 2 atom stereocenters. The number of carbonyl (C=O) groups excluding carboxylic acids is 1. The van der Waals surface area contributed by atoms with E-state index in [1.807, 2.05) is 13.8 Å². The van der Waals surface area contributed by atoms with Crippen LogP contribution in [-0.2, 0) is 15.6 Å². The molecule has 0 heterocycles. The molecule has 1 aromatic carbocycles. The summed E-state index contributed by atoms with van der Waals surface area (Å²) in [4.78, 5) is 12.0. The third-order valence-corrected chi connectivity index (χ3v) is 3.97. The third-order valence-electron chi connectivity index (χ3n) is 2.31. The number of benzene rings is 1. The lowest BCUT2D eigenvalue weighted by Gasteiger charge is -2.15. The number of hydrogen-bond acceptors (Lipinski definition) is 3. The van der Waals surface area contributed by atoms with Crippen LogP contribution in [0.1, 0.15) is 20.8 Å². The molecule has 1 rings (SSSR count). The lowest BCUT2D eigenvalue weighted by Crippen LogP contribution is -2.39. The summed E-state index contributed by atoms with van der Waals surface area (Å²) < 4.78 is 25.0. The smallest absolute Gasteiger partial charge is 0.236 e. The molecule has 3 N–H and O–H groups in total. The zero-order chi connectivity index (χ0) is 13.9. The molecule has 0 aliphatic rings. The predicted octanol–water partition coefficient (Wildman–Crippen LogP) is 1.43. The Hall–Kier alpha value is -1.43. The highest BCUT2D eigenvalue weighted by atomic mass is 32.2. The van der Waals surface area contributed by atoms with Crippen molar-refractivity contribution in [2.24, 2.45) is 0 Å². The van der Waals surface area contributed by atoms with Gasteiger partial charge in [-0.05, 0) is 39.0 Å². The fourth-order valence-corrected chi connectivity index (χ4v) is 2.53. The van der Waals surface area contributed by atoms with Crippen molar-refractivity contribution in [2.75, 3.05) is 5.73 Å². The molecular weight excluding hydrogens is 255 g/mol. The molecule has 0 saturated heterocycles. The zero-order valence-electron chi connectivity index (χ0n) is 10.6. The van der Waals surface area contributed by atoms with E-state index in [0.717, 1.165) is 6.07 Å². The Labute approximate surface area is 108 Å². The highest BCUT2D eigenvalue weighted by Gasteiger charge is 2.23. The first kappa shape index (κ1) is 14.6. The van der Waals surface area contributed by atoms with Crippen LogP contribution in [0.25, 0.3) is 0 Å². The molecule has 1 amide bonds. The van der Waals surface area contributed by atoms with E-state index in [1.54, 1.807) is 6.92 Å². The van der Waals surface area contributed by atoms with Crippen molar-refractivity contribution in [2.45, 2.75) is 37.0 Å². The van der Waals surface area contributed by atoms with Crippen LogP contribution in [0.15, 0.2) is 23.1 Å². The lowest BCUT2D eigenvalue weighted by atomic mass is 10.3. The summed E-state index contributed by atoms with van der Waals surface area (Å²) in [7, 11) is -1.60. The Morgan fingerprint density at radius 2 is 2.00 bits per heavy atom. The Bertz CT molecular complexity index is 477. The Morgan fingerprint density at radius 1 is 1.39 bits per heavy atom. The summed E-state index contributed by atoms with van der Waals surface area (Å²) in [6.07, 6.45) is 0. The van der Waals surface area contributed by atoms with Gasteiger partial charge in [0.15, 0.2) is 0 Å². The molecule has 0 bridgehead atoms. The second kappa shape index (κ2) is 5.95. The van der Waals surface area contributed by atoms with Crippen LogP contribution in [-0.4, -0.2) is 21.4 Å². The Balaban J connectivity index is 2.90. The van der Waals surface area contributed by atoms with Crippen LogP contribution in [0.2, 0.25) is 0 Å². The number of carbonyl (C=O) groups is 1. The summed E-state index contributed by atoms with van der Waals surface area (Å²) in [5.41, 5.74) is 5.69. The van der Waals surface area contributed by atoms with E-state index < -0.39 is 21.9 Å². The number of nitrogens with one attached hydrogen (secondary N) is 1. The van der Waals surface area contributed by atoms with Crippen molar-refractivity contribution in [1.29, 1.82) is 0 Å². The first-order valence-corrected chi connectivity index (χ1v) is 6.80. The average Bonchev–Trinajstić information content (AvgIpc) is 2.26. The van der Waals surface area contributed by atoms with Gasteiger partial charge in [0.25, 0.3) is 0 Å². The Kier molecular flexibility index (Phi) is 4.84. The Morgan fingerprint density at radius 3 is 2.50 bits per heavy atom. The van der Waals surface area contributed by atoms with Crippen molar-refractivity contribution >= 4 is 22.4 Å². The van der Waals surface area contributed by atoms with Gasteiger partial charge >= 0.3 is 0 Å². The molecule has 100 valence electrons. The van der Waals surface area contributed by atoms with E-state index in [1.165, 1.54) is 12.1 Å². The van der Waals surface area contributed by atoms with Gasteiger partial charge < -0.3 is 11.1 Å². The normalized spacial score (nSPS) is 14.3. The van der Waals surface area contributed by atoms with Gasteiger partial charge in [-0.15, -0.1) is 0 Å². The van der Waals surface area contributed by atoms with E-state index in [-0.39, 0.29) is 22.5 Å². The average molecular weight is 272 g/mol. The van der Waals surface area contributed by atoms with E-state index in [9.17, 15) is 13.4 Å². The number of nitrogen functional groups attached to an aromatic ring is 1. The van der Waals surface area contributed by atoms with E-state index in [4.69, 9.17) is 5.73 Å². The van der Waals surface area contributed by atoms with Gasteiger partial charge in [-0.3, -0.25) is 9.00 Å². The van der Waals surface area contributed by atoms with Crippen molar-refractivity contribution in [1.82, 2.24) is 5.32 Å². The van der Waals surface area contributed by atoms with Crippen LogP contribution in [0.4, 0.5) is 10.1 Å².